The summed E-state index contributed by atoms with van der Waals surface area (Å²) in [5, 5.41) is 15.3. The zero-order valence-corrected chi connectivity index (χ0v) is 19.4. The smallest absolute Gasteiger partial charge is 0.254 e. The van der Waals surface area contributed by atoms with E-state index < -0.39 is 16.9 Å². The van der Waals surface area contributed by atoms with E-state index in [1.54, 1.807) is 45.9 Å². The van der Waals surface area contributed by atoms with Crippen molar-refractivity contribution in [3.63, 3.8) is 0 Å². The third-order valence-electron chi connectivity index (χ3n) is 4.72. The molecule has 2 amide bonds. The second-order valence-electron chi connectivity index (χ2n) is 8.46. The van der Waals surface area contributed by atoms with E-state index in [1.165, 1.54) is 29.0 Å². The van der Waals surface area contributed by atoms with Gasteiger partial charge >= 0.3 is 0 Å². The van der Waals surface area contributed by atoms with Crippen LogP contribution in [0.5, 0.6) is 5.88 Å². The highest BCUT2D eigenvalue weighted by Crippen LogP contribution is 2.30. The highest BCUT2D eigenvalue weighted by atomic mass is 35.5. The van der Waals surface area contributed by atoms with E-state index >= 15 is 0 Å². The summed E-state index contributed by atoms with van der Waals surface area (Å²) >= 11 is 6.12. The van der Waals surface area contributed by atoms with Gasteiger partial charge in [0.1, 0.15) is 12.4 Å². The normalized spacial score (nSPS) is 11.2. The van der Waals surface area contributed by atoms with Crippen molar-refractivity contribution in [2.75, 3.05) is 10.6 Å². The molecule has 33 heavy (non-hydrogen) atoms. The van der Waals surface area contributed by atoms with Gasteiger partial charge in [-0.25, -0.2) is 9.97 Å². The Morgan fingerprint density at radius 3 is 2.48 bits per heavy atom. The summed E-state index contributed by atoms with van der Waals surface area (Å²) in [7, 11) is 0. The van der Waals surface area contributed by atoms with Gasteiger partial charge in [0.25, 0.3) is 5.56 Å². The van der Waals surface area contributed by atoms with E-state index in [2.05, 4.69) is 20.6 Å². The largest absolute Gasteiger partial charge is 0.493 e. The van der Waals surface area contributed by atoms with Crippen LogP contribution in [-0.2, 0) is 16.1 Å². The number of hydrogen-bond acceptors (Lipinski definition) is 6. The second-order valence-corrected chi connectivity index (χ2v) is 8.89. The number of halogens is 1. The Hall–Kier alpha value is -3.72. The summed E-state index contributed by atoms with van der Waals surface area (Å²) in [6, 6.07) is 9.03. The van der Waals surface area contributed by atoms with Crippen LogP contribution >= 0.6 is 11.6 Å². The Morgan fingerprint density at radius 2 is 1.85 bits per heavy atom. The number of amides is 2. The van der Waals surface area contributed by atoms with Crippen LogP contribution in [0.2, 0.25) is 5.02 Å². The van der Waals surface area contributed by atoms with Crippen LogP contribution in [0.4, 0.5) is 11.4 Å². The molecule has 0 aliphatic rings. The van der Waals surface area contributed by atoms with Gasteiger partial charge < -0.3 is 15.7 Å². The first-order valence-corrected chi connectivity index (χ1v) is 10.5. The second kappa shape index (κ2) is 9.41. The van der Waals surface area contributed by atoms with Crippen molar-refractivity contribution in [3.8, 4) is 17.1 Å². The first-order chi connectivity index (χ1) is 15.4. The number of anilines is 2. The van der Waals surface area contributed by atoms with Gasteiger partial charge in [-0.05, 0) is 31.2 Å². The van der Waals surface area contributed by atoms with Gasteiger partial charge in [0.2, 0.25) is 17.7 Å². The van der Waals surface area contributed by atoms with Gasteiger partial charge in [-0.3, -0.25) is 19.0 Å². The Kier molecular flexibility index (Phi) is 6.83. The summed E-state index contributed by atoms with van der Waals surface area (Å²) in [4.78, 5) is 45.8. The van der Waals surface area contributed by atoms with Crippen LogP contribution < -0.4 is 16.2 Å². The number of nitrogens with zero attached hydrogens (tertiary/aromatic N) is 3. The van der Waals surface area contributed by atoms with Crippen molar-refractivity contribution in [1.29, 1.82) is 0 Å². The molecule has 9 nitrogen and oxygen atoms in total. The molecule has 0 aliphatic heterocycles. The predicted molar refractivity (Wildman–Crippen MR) is 126 cm³/mol. The number of carbonyl (C=O) groups is 2. The number of benzene rings is 1. The molecule has 0 radical (unpaired) electrons. The lowest BCUT2D eigenvalue weighted by atomic mass is 9.95. The Bertz CT molecular complexity index is 1280. The average Bonchev–Trinajstić information content (AvgIpc) is 2.70. The molecule has 0 saturated heterocycles. The van der Waals surface area contributed by atoms with E-state index in [4.69, 9.17) is 11.6 Å². The van der Waals surface area contributed by atoms with Gasteiger partial charge in [0.15, 0.2) is 0 Å². The SMILES string of the molecule is Cc1nc(-c2ccc(Cl)cc2NC(=O)C(C)(C)C)cc(=O)n1CC(=O)Nc1ccnc(O)c1. The lowest BCUT2D eigenvalue weighted by Crippen LogP contribution is -2.30. The molecule has 2 aromatic heterocycles. The minimum atomic E-state index is -0.634. The number of rotatable bonds is 5. The van der Waals surface area contributed by atoms with Crippen molar-refractivity contribution >= 4 is 34.8 Å². The molecule has 0 saturated carbocycles. The standard InChI is InChI=1S/C23H24ClN5O4/c1-13-26-18(16-6-5-14(24)9-17(16)28-22(33)23(2,3)4)11-21(32)29(13)12-20(31)27-15-7-8-25-19(30)10-15/h5-11H,12H2,1-4H3,(H,28,33)(H2,25,27,30,31). The lowest BCUT2D eigenvalue weighted by Gasteiger charge is -2.20. The number of hydrogen-bond donors (Lipinski definition) is 3. The molecule has 0 spiro atoms. The van der Waals surface area contributed by atoms with Crippen molar-refractivity contribution in [3.05, 3.63) is 63.8 Å². The number of aromatic hydroxyl groups is 1. The molecule has 172 valence electrons. The molecule has 0 fully saturated rings. The highest BCUT2D eigenvalue weighted by Gasteiger charge is 2.23. The zero-order valence-electron chi connectivity index (χ0n) is 18.6. The molecule has 3 aromatic rings. The Balaban J connectivity index is 1.89. The van der Waals surface area contributed by atoms with Crippen LogP contribution in [0.1, 0.15) is 26.6 Å². The summed E-state index contributed by atoms with van der Waals surface area (Å²) in [6.45, 7) is 6.70. The third-order valence-corrected chi connectivity index (χ3v) is 4.95. The number of aromatic nitrogens is 3. The van der Waals surface area contributed by atoms with Crippen LogP contribution in [-0.4, -0.2) is 31.5 Å². The molecule has 0 bridgehead atoms. The molecule has 2 heterocycles. The van der Waals surface area contributed by atoms with Crippen LogP contribution in [0.25, 0.3) is 11.3 Å². The molecule has 0 atom stereocenters. The van der Waals surface area contributed by atoms with E-state index in [9.17, 15) is 19.5 Å². The fourth-order valence-corrected chi connectivity index (χ4v) is 3.12. The molecular weight excluding hydrogens is 446 g/mol. The molecule has 3 rings (SSSR count). The van der Waals surface area contributed by atoms with Crippen LogP contribution in [0, 0.1) is 12.3 Å². The number of pyridine rings is 1. The summed E-state index contributed by atoms with van der Waals surface area (Å²) < 4.78 is 1.23. The monoisotopic (exact) mass is 469 g/mol. The van der Waals surface area contributed by atoms with Gasteiger partial charge in [0.05, 0.1) is 11.4 Å². The molecule has 3 N–H and O–H groups in total. The van der Waals surface area contributed by atoms with Gasteiger partial charge in [-0.2, -0.15) is 0 Å². The van der Waals surface area contributed by atoms with Crippen molar-refractivity contribution in [1.82, 2.24) is 14.5 Å². The fourth-order valence-electron chi connectivity index (χ4n) is 2.94. The number of nitrogens with one attached hydrogen (secondary N) is 2. The van der Waals surface area contributed by atoms with Crippen LogP contribution in [0.15, 0.2) is 47.4 Å². The maximum Gasteiger partial charge on any atom is 0.254 e. The first kappa shape index (κ1) is 23.9. The lowest BCUT2D eigenvalue weighted by molar-refractivity contribution is -0.123. The minimum Gasteiger partial charge on any atom is -0.493 e. The Labute approximate surface area is 195 Å². The van der Waals surface area contributed by atoms with Gasteiger partial charge in [-0.1, -0.05) is 32.4 Å². The summed E-state index contributed by atoms with van der Waals surface area (Å²) in [6.07, 6.45) is 1.35. The summed E-state index contributed by atoms with van der Waals surface area (Å²) in [5.41, 5.74) is 0.582. The van der Waals surface area contributed by atoms with E-state index in [0.717, 1.165) is 0 Å². The third kappa shape index (κ3) is 5.95. The van der Waals surface area contributed by atoms with E-state index in [1.807, 2.05) is 0 Å². The number of aryl methyl sites for hydroxylation is 1. The van der Waals surface area contributed by atoms with Crippen molar-refractivity contribution in [2.45, 2.75) is 34.2 Å². The maximum absolute atomic E-state index is 12.8. The zero-order chi connectivity index (χ0) is 24.3. The minimum absolute atomic E-state index is 0.213. The molecule has 10 heteroatoms. The Morgan fingerprint density at radius 1 is 1.12 bits per heavy atom. The van der Waals surface area contributed by atoms with Crippen molar-refractivity contribution in [2.24, 2.45) is 5.41 Å². The van der Waals surface area contributed by atoms with Crippen LogP contribution in [0.3, 0.4) is 0 Å². The quantitative estimate of drug-likeness (QED) is 0.524. The predicted octanol–water partition coefficient (Wildman–Crippen LogP) is 3.60. The molecular formula is C23H24ClN5O4. The summed E-state index contributed by atoms with van der Waals surface area (Å²) in [5.74, 6) is -0.599. The number of carbonyl (C=O) groups excluding carboxylic acids is 2. The van der Waals surface area contributed by atoms with Crippen molar-refractivity contribution < 1.29 is 14.7 Å². The van der Waals surface area contributed by atoms with Gasteiger partial charge in [0, 0.05) is 40.0 Å². The maximum atomic E-state index is 12.8. The molecule has 0 aliphatic carbocycles. The van der Waals surface area contributed by atoms with Gasteiger partial charge in [-0.15, -0.1) is 0 Å². The van der Waals surface area contributed by atoms with E-state index in [-0.39, 0.29) is 18.3 Å². The first-order valence-electron chi connectivity index (χ1n) is 10.1. The topological polar surface area (TPSA) is 126 Å². The molecule has 0 unspecified atom stereocenters. The van der Waals surface area contributed by atoms with E-state index in [0.29, 0.717) is 33.5 Å². The fraction of sp³-hybridized carbons (Fsp3) is 0.261. The average molecular weight is 470 g/mol. The highest BCUT2D eigenvalue weighted by molar-refractivity contribution is 6.31. The molecule has 1 aromatic carbocycles.